The average Bonchev–Trinajstić information content (AvgIpc) is 2.37. The molecule has 0 saturated heterocycles. The number of benzene rings is 1. The van der Waals surface area contributed by atoms with E-state index in [0.29, 0.717) is 11.5 Å². The van der Waals surface area contributed by atoms with Crippen molar-refractivity contribution in [1.29, 1.82) is 0 Å². The van der Waals surface area contributed by atoms with Crippen LogP contribution < -0.4 is 4.90 Å². The minimum atomic E-state index is -1.13. The first-order valence-electron chi connectivity index (χ1n) is 5.55. The van der Waals surface area contributed by atoms with E-state index in [-0.39, 0.29) is 11.4 Å². The largest absolute Gasteiger partial charge is 0.477 e. The first-order chi connectivity index (χ1) is 8.99. The highest BCUT2D eigenvalue weighted by Crippen LogP contribution is 2.25. The van der Waals surface area contributed by atoms with Gasteiger partial charge in [-0.25, -0.2) is 19.2 Å². The molecule has 0 spiro atoms. The predicted molar refractivity (Wildman–Crippen MR) is 68.2 cm³/mol. The molecule has 6 heteroatoms. The van der Waals surface area contributed by atoms with Gasteiger partial charge in [0.1, 0.15) is 17.2 Å². The van der Waals surface area contributed by atoms with Gasteiger partial charge in [-0.15, -0.1) is 0 Å². The van der Waals surface area contributed by atoms with Crippen LogP contribution in [0.1, 0.15) is 16.2 Å². The number of anilines is 2. The SMILES string of the molecule is Cc1ncc(C(=O)O)c(N(C)c2cccc(F)c2)n1. The number of carbonyl (C=O) groups is 1. The van der Waals surface area contributed by atoms with Crippen LogP contribution in [0.5, 0.6) is 0 Å². The van der Waals surface area contributed by atoms with E-state index in [1.165, 1.54) is 23.2 Å². The molecule has 1 aromatic carbocycles. The Labute approximate surface area is 109 Å². The molecule has 0 unspecified atom stereocenters. The lowest BCUT2D eigenvalue weighted by atomic mass is 10.2. The first kappa shape index (κ1) is 12.9. The maximum absolute atomic E-state index is 13.2. The van der Waals surface area contributed by atoms with Crippen LogP contribution >= 0.6 is 0 Å². The summed E-state index contributed by atoms with van der Waals surface area (Å²) in [5.74, 6) is -0.848. The lowest BCUT2D eigenvalue weighted by Gasteiger charge is -2.20. The molecule has 0 aliphatic heterocycles. The van der Waals surface area contributed by atoms with Crippen LogP contribution in [0.3, 0.4) is 0 Å². The first-order valence-corrected chi connectivity index (χ1v) is 5.55. The fourth-order valence-electron chi connectivity index (χ4n) is 1.67. The smallest absolute Gasteiger partial charge is 0.341 e. The summed E-state index contributed by atoms with van der Waals surface area (Å²) in [6.45, 7) is 1.66. The maximum atomic E-state index is 13.2. The van der Waals surface area contributed by atoms with E-state index < -0.39 is 11.8 Å². The molecule has 0 aliphatic carbocycles. The van der Waals surface area contributed by atoms with Crippen molar-refractivity contribution in [3.05, 3.63) is 47.7 Å². The van der Waals surface area contributed by atoms with Gasteiger partial charge in [0.25, 0.3) is 0 Å². The Bertz CT molecular complexity index is 631. The number of nitrogens with zero attached hydrogens (tertiary/aromatic N) is 3. The van der Waals surface area contributed by atoms with Crippen LogP contribution in [-0.4, -0.2) is 28.1 Å². The predicted octanol–water partition coefficient (Wildman–Crippen LogP) is 2.39. The summed E-state index contributed by atoms with van der Waals surface area (Å²) < 4.78 is 13.2. The molecular weight excluding hydrogens is 249 g/mol. The Morgan fingerprint density at radius 2 is 2.16 bits per heavy atom. The number of carboxylic acids is 1. The number of aromatic carboxylic acids is 1. The third-order valence-electron chi connectivity index (χ3n) is 2.63. The molecule has 0 amide bonds. The second-order valence-electron chi connectivity index (χ2n) is 4.00. The Kier molecular flexibility index (Phi) is 3.41. The second kappa shape index (κ2) is 5.01. The topological polar surface area (TPSA) is 66.3 Å². The molecule has 5 nitrogen and oxygen atoms in total. The van der Waals surface area contributed by atoms with Gasteiger partial charge in [0.05, 0.1) is 0 Å². The van der Waals surface area contributed by atoms with E-state index >= 15 is 0 Å². The Morgan fingerprint density at radius 3 is 2.79 bits per heavy atom. The quantitative estimate of drug-likeness (QED) is 0.918. The van der Waals surface area contributed by atoms with E-state index in [1.54, 1.807) is 26.1 Å². The number of rotatable bonds is 3. The van der Waals surface area contributed by atoms with Gasteiger partial charge in [-0.05, 0) is 25.1 Å². The van der Waals surface area contributed by atoms with Crippen molar-refractivity contribution < 1.29 is 14.3 Å². The fourth-order valence-corrected chi connectivity index (χ4v) is 1.67. The van der Waals surface area contributed by atoms with Gasteiger partial charge in [0.2, 0.25) is 0 Å². The van der Waals surface area contributed by atoms with Crippen LogP contribution in [0.4, 0.5) is 15.9 Å². The molecule has 0 bridgehead atoms. The van der Waals surface area contributed by atoms with E-state index in [1.807, 2.05) is 0 Å². The van der Waals surface area contributed by atoms with Crippen LogP contribution in [0.2, 0.25) is 0 Å². The Hall–Kier alpha value is -2.50. The summed E-state index contributed by atoms with van der Waals surface area (Å²) in [4.78, 5) is 20.6. The van der Waals surface area contributed by atoms with Crippen LogP contribution in [0.25, 0.3) is 0 Å². The van der Waals surface area contributed by atoms with Crippen LogP contribution in [0.15, 0.2) is 30.5 Å². The van der Waals surface area contributed by atoms with Crippen molar-refractivity contribution >= 4 is 17.5 Å². The van der Waals surface area contributed by atoms with Gasteiger partial charge in [-0.2, -0.15) is 0 Å². The molecule has 0 atom stereocenters. The molecule has 0 aliphatic rings. The molecule has 0 fully saturated rings. The van der Waals surface area contributed by atoms with Crippen molar-refractivity contribution in [1.82, 2.24) is 9.97 Å². The number of hydrogen-bond donors (Lipinski definition) is 1. The minimum absolute atomic E-state index is 0.0302. The molecular formula is C13H12FN3O2. The Morgan fingerprint density at radius 1 is 1.42 bits per heavy atom. The fraction of sp³-hybridized carbons (Fsp3) is 0.154. The highest BCUT2D eigenvalue weighted by molar-refractivity contribution is 5.93. The van der Waals surface area contributed by atoms with E-state index in [0.717, 1.165) is 0 Å². The van der Waals surface area contributed by atoms with Crippen LogP contribution in [0, 0.1) is 12.7 Å². The third-order valence-corrected chi connectivity index (χ3v) is 2.63. The van der Waals surface area contributed by atoms with Gasteiger partial charge in [0, 0.05) is 18.9 Å². The normalized spacial score (nSPS) is 10.3. The minimum Gasteiger partial charge on any atom is -0.477 e. The number of hydrogen-bond acceptors (Lipinski definition) is 4. The lowest BCUT2D eigenvalue weighted by molar-refractivity contribution is 0.0697. The summed E-state index contributed by atoms with van der Waals surface area (Å²) in [6, 6.07) is 5.85. The van der Waals surface area contributed by atoms with Gasteiger partial charge in [0.15, 0.2) is 5.82 Å². The van der Waals surface area contributed by atoms with Gasteiger partial charge < -0.3 is 10.0 Å². The number of halogens is 1. The molecule has 1 heterocycles. The molecule has 2 rings (SSSR count). The monoisotopic (exact) mass is 261 g/mol. The van der Waals surface area contributed by atoms with E-state index in [4.69, 9.17) is 5.11 Å². The molecule has 1 aromatic heterocycles. The van der Waals surface area contributed by atoms with Crippen molar-refractivity contribution in [2.45, 2.75) is 6.92 Å². The van der Waals surface area contributed by atoms with E-state index in [2.05, 4.69) is 9.97 Å². The maximum Gasteiger partial charge on any atom is 0.341 e. The molecule has 19 heavy (non-hydrogen) atoms. The number of aryl methyl sites for hydroxylation is 1. The van der Waals surface area contributed by atoms with Gasteiger partial charge in [-0.3, -0.25) is 0 Å². The zero-order valence-electron chi connectivity index (χ0n) is 10.5. The Balaban J connectivity index is 2.51. The second-order valence-corrected chi connectivity index (χ2v) is 4.00. The molecule has 2 aromatic rings. The summed E-state index contributed by atoms with van der Waals surface area (Å²) in [7, 11) is 1.63. The molecule has 1 N–H and O–H groups in total. The van der Waals surface area contributed by atoms with Crippen molar-refractivity contribution in [2.75, 3.05) is 11.9 Å². The zero-order chi connectivity index (χ0) is 14.0. The van der Waals surface area contributed by atoms with Gasteiger partial charge >= 0.3 is 5.97 Å². The summed E-state index contributed by atoms with van der Waals surface area (Å²) in [6.07, 6.45) is 1.25. The van der Waals surface area contributed by atoms with Crippen molar-refractivity contribution in [3.63, 3.8) is 0 Å². The number of carboxylic acid groups (broad SMARTS) is 1. The van der Waals surface area contributed by atoms with Crippen molar-refractivity contribution in [3.8, 4) is 0 Å². The standard InChI is InChI=1S/C13H12FN3O2/c1-8-15-7-11(13(18)19)12(16-8)17(2)10-5-3-4-9(14)6-10/h3-7H,1-2H3,(H,18,19). The van der Waals surface area contributed by atoms with Gasteiger partial charge in [-0.1, -0.05) is 6.07 Å². The van der Waals surface area contributed by atoms with Crippen LogP contribution in [-0.2, 0) is 0 Å². The lowest BCUT2D eigenvalue weighted by Crippen LogP contribution is -2.17. The molecule has 0 radical (unpaired) electrons. The average molecular weight is 261 g/mol. The summed E-state index contributed by atoms with van der Waals surface area (Å²) in [5.41, 5.74) is 0.484. The molecule has 98 valence electrons. The summed E-state index contributed by atoms with van der Waals surface area (Å²) >= 11 is 0. The highest BCUT2D eigenvalue weighted by atomic mass is 19.1. The third kappa shape index (κ3) is 2.67. The molecule has 0 saturated carbocycles. The highest BCUT2D eigenvalue weighted by Gasteiger charge is 2.17. The summed E-state index contributed by atoms with van der Waals surface area (Å²) in [5, 5.41) is 9.13. The van der Waals surface area contributed by atoms with E-state index in [9.17, 15) is 9.18 Å². The zero-order valence-corrected chi connectivity index (χ0v) is 10.5. The van der Waals surface area contributed by atoms with Crippen molar-refractivity contribution in [2.24, 2.45) is 0 Å². The number of aromatic nitrogens is 2.